The predicted octanol–water partition coefficient (Wildman–Crippen LogP) is 3.88. The molecule has 0 unspecified atom stereocenters. The molecular weight excluding hydrogens is 406 g/mol. The zero-order valence-electron chi connectivity index (χ0n) is 10.3. The fraction of sp³-hybridized carbons (Fsp3) is 0.333. The SMILES string of the molecule is CCOC(=O)Cc1c(C#N)ccc(SC(F)(F)F)c1I. The van der Waals surface area contributed by atoms with Gasteiger partial charge in [0.2, 0.25) is 0 Å². The molecule has 0 aliphatic carbocycles. The number of nitrogens with zero attached hydrogens (tertiary/aromatic N) is 1. The number of rotatable bonds is 4. The average molecular weight is 415 g/mol. The van der Waals surface area contributed by atoms with Crippen LogP contribution in [0.5, 0.6) is 0 Å². The van der Waals surface area contributed by atoms with Crippen LogP contribution < -0.4 is 0 Å². The van der Waals surface area contributed by atoms with Crippen molar-refractivity contribution in [3.63, 3.8) is 0 Å². The summed E-state index contributed by atoms with van der Waals surface area (Å²) in [6.45, 7) is 1.80. The first-order valence-corrected chi connectivity index (χ1v) is 7.30. The van der Waals surface area contributed by atoms with Crippen LogP contribution in [0, 0.1) is 14.9 Å². The lowest BCUT2D eigenvalue weighted by molar-refractivity contribution is -0.142. The van der Waals surface area contributed by atoms with Crippen molar-refractivity contribution in [2.24, 2.45) is 0 Å². The van der Waals surface area contributed by atoms with Gasteiger partial charge in [0.15, 0.2) is 0 Å². The molecule has 0 aromatic heterocycles. The van der Waals surface area contributed by atoms with Crippen molar-refractivity contribution in [3.05, 3.63) is 26.8 Å². The number of nitriles is 1. The molecule has 8 heteroatoms. The van der Waals surface area contributed by atoms with Crippen molar-refractivity contribution < 1.29 is 22.7 Å². The average Bonchev–Trinajstić information content (AvgIpc) is 2.33. The minimum atomic E-state index is -4.42. The van der Waals surface area contributed by atoms with Gasteiger partial charge in [-0.3, -0.25) is 4.79 Å². The fourth-order valence-corrected chi connectivity index (χ4v) is 3.03. The van der Waals surface area contributed by atoms with Crippen LogP contribution in [0.15, 0.2) is 17.0 Å². The first kappa shape index (κ1) is 17.1. The number of halogens is 4. The van der Waals surface area contributed by atoms with Gasteiger partial charge in [0, 0.05) is 8.47 Å². The molecule has 0 saturated heterocycles. The van der Waals surface area contributed by atoms with Gasteiger partial charge in [-0.05, 0) is 59.0 Å². The summed E-state index contributed by atoms with van der Waals surface area (Å²) < 4.78 is 42.3. The predicted molar refractivity (Wildman–Crippen MR) is 76.1 cm³/mol. The zero-order chi connectivity index (χ0) is 15.3. The van der Waals surface area contributed by atoms with Gasteiger partial charge in [0.1, 0.15) is 0 Å². The molecule has 0 saturated carbocycles. The molecule has 0 atom stereocenters. The summed E-state index contributed by atoms with van der Waals surface area (Å²) in [6.07, 6.45) is -0.221. The number of thioether (sulfide) groups is 1. The Kier molecular flexibility index (Phi) is 6.13. The Hall–Kier alpha value is -0.950. The smallest absolute Gasteiger partial charge is 0.446 e. The maximum atomic E-state index is 12.4. The molecule has 1 aromatic carbocycles. The third-order valence-corrected chi connectivity index (χ3v) is 4.57. The van der Waals surface area contributed by atoms with Crippen LogP contribution in [0.25, 0.3) is 0 Å². The van der Waals surface area contributed by atoms with Crippen LogP contribution in [0.3, 0.4) is 0 Å². The van der Waals surface area contributed by atoms with E-state index in [2.05, 4.69) is 0 Å². The Morgan fingerprint density at radius 2 is 2.15 bits per heavy atom. The number of ether oxygens (including phenoxy) is 1. The van der Waals surface area contributed by atoms with Gasteiger partial charge in [-0.15, -0.1) is 0 Å². The standard InChI is InChI=1S/C12H9F3INO2S/c1-2-19-10(18)5-8-7(6-17)3-4-9(11(8)16)20-12(13,14)15/h3-4H,2,5H2,1H3. The highest BCUT2D eigenvalue weighted by Crippen LogP contribution is 2.40. The van der Waals surface area contributed by atoms with Gasteiger partial charge in [-0.1, -0.05) is 0 Å². The maximum absolute atomic E-state index is 12.4. The summed E-state index contributed by atoms with van der Waals surface area (Å²) in [5, 5.41) is 8.97. The Balaban J connectivity index is 3.16. The Labute approximate surface area is 131 Å². The summed E-state index contributed by atoms with van der Waals surface area (Å²) in [5.74, 6) is -0.573. The third-order valence-electron chi connectivity index (χ3n) is 2.18. The van der Waals surface area contributed by atoms with Gasteiger partial charge in [0.25, 0.3) is 0 Å². The lowest BCUT2D eigenvalue weighted by atomic mass is 10.1. The van der Waals surface area contributed by atoms with Crippen molar-refractivity contribution >= 4 is 40.3 Å². The number of hydrogen-bond donors (Lipinski definition) is 0. The number of carbonyl (C=O) groups excluding carboxylic acids is 1. The van der Waals surface area contributed by atoms with Crippen molar-refractivity contribution in [1.29, 1.82) is 5.26 Å². The number of carbonyl (C=O) groups is 1. The number of alkyl halides is 3. The van der Waals surface area contributed by atoms with E-state index in [-0.39, 0.29) is 44.4 Å². The van der Waals surface area contributed by atoms with Crippen molar-refractivity contribution in [3.8, 4) is 6.07 Å². The van der Waals surface area contributed by atoms with E-state index < -0.39 is 11.5 Å². The highest BCUT2D eigenvalue weighted by molar-refractivity contribution is 14.1. The van der Waals surface area contributed by atoms with E-state index in [1.165, 1.54) is 12.1 Å². The molecule has 0 aliphatic rings. The quantitative estimate of drug-likeness (QED) is 0.426. The van der Waals surface area contributed by atoms with E-state index >= 15 is 0 Å². The van der Waals surface area contributed by atoms with E-state index in [1.807, 2.05) is 6.07 Å². The first-order chi connectivity index (χ1) is 9.28. The Morgan fingerprint density at radius 1 is 1.50 bits per heavy atom. The van der Waals surface area contributed by atoms with Crippen molar-refractivity contribution in [2.45, 2.75) is 23.7 Å². The van der Waals surface area contributed by atoms with E-state index in [0.717, 1.165) is 0 Å². The van der Waals surface area contributed by atoms with E-state index in [1.54, 1.807) is 29.5 Å². The lowest BCUT2D eigenvalue weighted by Crippen LogP contribution is -2.11. The minimum absolute atomic E-state index is 0.0311. The van der Waals surface area contributed by atoms with Gasteiger partial charge < -0.3 is 4.74 Å². The summed E-state index contributed by atoms with van der Waals surface area (Å²) in [7, 11) is 0. The Morgan fingerprint density at radius 3 is 2.65 bits per heavy atom. The third kappa shape index (κ3) is 4.86. The van der Waals surface area contributed by atoms with Crippen molar-refractivity contribution in [2.75, 3.05) is 6.61 Å². The second-order valence-electron chi connectivity index (χ2n) is 3.55. The van der Waals surface area contributed by atoms with Gasteiger partial charge in [-0.25, -0.2) is 0 Å². The molecule has 20 heavy (non-hydrogen) atoms. The maximum Gasteiger partial charge on any atom is 0.446 e. The number of hydrogen-bond acceptors (Lipinski definition) is 4. The molecule has 0 N–H and O–H groups in total. The van der Waals surface area contributed by atoms with Crippen LogP contribution in [0.4, 0.5) is 13.2 Å². The zero-order valence-corrected chi connectivity index (χ0v) is 13.2. The van der Waals surface area contributed by atoms with Crippen LogP contribution in [-0.4, -0.2) is 18.1 Å². The highest BCUT2D eigenvalue weighted by atomic mass is 127. The second kappa shape index (κ2) is 7.17. The van der Waals surface area contributed by atoms with Crippen LogP contribution >= 0.6 is 34.4 Å². The summed E-state index contributed by atoms with van der Waals surface area (Å²) in [4.78, 5) is 11.4. The molecular formula is C12H9F3INO2S. The van der Waals surface area contributed by atoms with E-state index in [0.29, 0.717) is 0 Å². The van der Waals surface area contributed by atoms with Gasteiger partial charge in [0.05, 0.1) is 24.7 Å². The molecule has 108 valence electrons. The highest BCUT2D eigenvalue weighted by Gasteiger charge is 2.31. The Bertz CT molecular complexity index is 555. The molecule has 3 nitrogen and oxygen atoms in total. The molecule has 0 spiro atoms. The van der Waals surface area contributed by atoms with E-state index in [9.17, 15) is 18.0 Å². The summed E-state index contributed by atoms with van der Waals surface area (Å²) in [5.41, 5.74) is -3.98. The topological polar surface area (TPSA) is 50.1 Å². The molecule has 1 aromatic rings. The largest absolute Gasteiger partial charge is 0.466 e. The molecule has 0 radical (unpaired) electrons. The van der Waals surface area contributed by atoms with Gasteiger partial charge >= 0.3 is 11.5 Å². The minimum Gasteiger partial charge on any atom is -0.466 e. The lowest BCUT2D eigenvalue weighted by Gasteiger charge is -2.12. The molecule has 0 bridgehead atoms. The number of benzene rings is 1. The molecule has 1 rings (SSSR count). The van der Waals surface area contributed by atoms with Crippen LogP contribution in [0.1, 0.15) is 18.1 Å². The van der Waals surface area contributed by atoms with Crippen LogP contribution in [-0.2, 0) is 16.0 Å². The van der Waals surface area contributed by atoms with Gasteiger partial charge in [-0.2, -0.15) is 18.4 Å². The summed E-state index contributed by atoms with van der Waals surface area (Å²) >= 11 is 1.44. The molecule has 0 amide bonds. The molecule has 0 heterocycles. The van der Waals surface area contributed by atoms with Crippen LogP contribution in [0.2, 0.25) is 0 Å². The normalized spacial score (nSPS) is 11.0. The monoisotopic (exact) mass is 415 g/mol. The molecule has 0 aliphatic heterocycles. The first-order valence-electron chi connectivity index (χ1n) is 5.41. The molecule has 0 fully saturated rings. The number of esters is 1. The van der Waals surface area contributed by atoms with E-state index in [4.69, 9.17) is 10.00 Å². The summed E-state index contributed by atoms with van der Waals surface area (Å²) in [6, 6.07) is 4.38. The van der Waals surface area contributed by atoms with Crippen molar-refractivity contribution in [1.82, 2.24) is 0 Å². The second-order valence-corrected chi connectivity index (χ2v) is 5.73. The fourth-order valence-electron chi connectivity index (χ4n) is 1.44.